The second-order valence-electron chi connectivity index (χ2n) is 7.09. The highest BCUT2D eigenvalue weighted by molar-refractivity contribution is 5.95. The van der Waals surface area contributed by atoms with Gasteiger partial charge in [0, 0.05) is 27.9 Å². The number of aryl methyl sites for hydroxylation is 1. The minimum atomic E-state index is -0.267. The first-order valence-electron chi connectivity index (χ1n) is 9.73. The number of nitrogens with zero attached hydrogens (tertiary/aromatic N) is 2. The molecule has 0 saturated carbocycles. The van der Waals surface area contributed by atoms with Crippen molar-refractivity contribution in [2.45, 2.75) is 13.8 Å². The highest BCUT2D eigenvalue weighted by Crippen LogP contribution is 2.26. The summed E-state index contributed by atoms with van der Waals surface area (Å²) in [6.45, 7) is 4.13. The Morgan fingerprint density at radius 1 is 1.00 bits per heavy atom. The van der Waals surface area contributed by atoms with Crippen LogP contribution in [0.4, 0.5) is 0 Å². The van der Waals surface area contributed by atoms with Gasteiger partial charge in [0.15, 0.2) is 0 Å². The number of rotatable bonds is 5. The Labute approximate surface area is 175 Å². The Kier molecular flexibility index (Phi) is 5.35. The molecule has 0 aliphatic carbocycles. The third-order valence-electron chi connectivity index (χ3n) is 5.20. The van der Waals surface area contributed by atoms with Crippen LogP contribution in [-0.4, -0.2) is 23.8 Å². The van der Waals surface area contributed by atoms with Gasteiger partial charge in [0.1, 0.15) is 5.75 Å². The Hall–Kier alpha value is -3.86. The number of fused-ring (bicyclic) bond motifs is 1. The third-order valence-corrected chi connectivity index (χ3v) is 5.20. The zero-order valence-electron chi connectivity index (χ0n) is 17.2. The van der Waals surface area contributed by atoms with Gasteiger partial charge in [-0.2, -0.15) is 5.10 Å². The molecule has 4 aromatic rings. The topological polar surface area (TPSA) is 55.6 Å². The molecule has 1 amide bonds. The molecule has 0 spiro atoms. The Morgan fingerprint density at radius 2 is 1.73 bits per heavy atom. The molecule has 0 atom stereocenters. The molecule has 1 aromatic heterocycles. The van der Waals surface area contributed by atoms with Crippen molar-refractivity contribution in [2.24, 2.45) is 5.10 Å². The smallest absolute Gasteiger partial charge is 0.271 e. The standard InChI is InChI=1S/C25H23N3O2/c1-17-15-21(16-26-27-25(29)20-11-13-22(30-3)14-12-20)18(2)28(17)24-10-6-8-19-7-4-5-9-23(19)24/h4-16H,1-3H3,(H,27,29)/b26-16-. The zero-order chi connectivity index (χ0) is 21.1. The fourth-order valence-electron chi connectivity index (χ4n) is 3.66. The quantitative estimate of drug-likeness (QED) is 0.380. The predicted molar refractivity (Wildman–Crippen MR) is 121 cm³/mol. The van der Waals surface area contributed by atoms with Gasteiger partial charge < -0.3 is 9.30 Å². The maximum Gasteiger partial charge on any atom is 0.271 e. The van der Waals surface area contributed by atoms with Crippen LogP contribution >= 0.6 is 0 Å². The number of ether oxygens (including phenoxy) is 1. The highest BCUT2D eigenvalue weighted by Gasteiger charge is 2.12. The minimum absolute atomic E-state index is 0.267. The Morgan fingerprint density at radius 3 is 2.50 bits per heavy atom. The molecule has 0 bridgehead atoms. The number of hydrogen-bond acceptors (Lipinski definition) is 3. The summed E-state index contributed by atoms with van der Waals surface area (Å²) in [6, 6.07) is 23.6. The summed E-state index contributed by atoms with van der Waals surface area (Å²) in [6.07, 6.45) is 1.69. The summed E-state index contributed by atoms with van der Waals surface area (Å²) in [5.41, 5.74) is 7.36. The normalized spacial score (nSPS) is 11.2. The summed E-state index contributed by atoms with van der Waals surface area (Å²) in [7, 11) is 1.59. The van der Waals surface area contributed by atoms with Crippen molar-refractivity contribution in [1.29, 1.82) is 0 Å². The molecule has 0 saturated heterocycles. The van der Waals surface area contributed by atoms with Crippen LogP contribution in [0.15, 0.2) is 77.9 Å². The lowest BCUT2D eigenvalue weighted by Gasteiger charge is -2.12. The number of amides is 1. The zero-order valence-corrected chi connectivity index (χ0v) is 17.2. The summed E-state index contributed by atoms with van der Waals surface area (Å²) in [4.78, 5) is 12.3. The molecule has 5 heteroatoms. The van der Waals surface area contributed by atoms with E-state index in [1.54, 1.807) is 37.6 Å². The van der Waals surface area contributed by atoms with Gasteiger partial charge in [-0.1, -0.05) is 36.4 Å². The van der Waals surface area contributed by atoms with Gasteiger partial charge in [-0.25, -0.2) is 5.43 Å². The van der Waals surface area contributed by atoms with Gasteiger partial charge in [0.2, 0.25) is 0 Å². The summed E-state index contributed by atoms with van der Waals surface area (Å²) in [5.74, 6) is 0.438. The number of hydrogen-bond donors (Lipinski definition) is 1. The van der Waals surface area contributed by atoms with Crippen molar-refractivity contribution in [3.8, 4) is 11.4 Å². The molecule has 1 N–H and O–H groups in total. The molecule has 30 heavy (non-hydrogen) atoms. The second-order valence-corrected chi connectivity index (χ2v) is 7.09. The van der Waals surface area contributed by atoms with Crippen molar-refractivity contribution in [2.75, 3.05) is 7.11 Å². The van der Waals surface area contributed by atoms with Gasteiger partial charge in [-0.3, -0.25) is 4.79 Å². The minimum Gasteiger partial charge on any atom is -0.497 e. The molecule has 4 rings (SSSR count). The maximum atomic E-state index is 12.3. The predicted octanol–water partition coefficient (Wildman–Crippen LogP) is 5.02. The van der Waals surface area contributed by atoms with Crippen LogP contribution in [0.1, 0.15) is 27.3 Å². The molecular weight excluding hydrogens is 374 g/mol. The molecule has 0 aliphatic rings. The van der Waals surface area contributed by atoms with Crippen molar-refractivity contribution < 1.29 is 9.53 Å². The number of nitrogens with one attached hydrogen (secondary N) is 1. The summed E-state index contributed by atoms with van der Waals surface area (Å²) >= 11 is 0. The molecule has 0 aliphatic heterocycles. The van der Waals surface area contributed by atoms with E-state index in [2.05, 4.69) is 71.4 Å². The Balaban J connectivity index is 1.58. The number of carbonyl (C=O) groups excluding carboxylic acids is 1. The van der Waals surface area contributed by atoms with Gasteiger partial charge in [-0.15, -0.1) is 0 Å². The van der Waals surface area contributed by atoms with Crippen LogP contribution in [0.2, 0.25) is 0 Å². The molecule has 1 heterocycles. The van der Waals surface area contributed by atoms with E-state index in [1.165, 1.54) is 10.8 Å². The monoisotopic (exact) mass is 397 g/mol. The van der Waals surface area contributed by atoms with E-state index >= 15 is 0 Å². The van der Waals surface area contributed by atoms with Gasteiger partial charge in [0.25, 0.3) is 5.91 Å². The van der Waals surface area contributed by atoms with Crippen molar-refractivity contribution in [3.05, 3.63) is 95.3 Å². The number of hydrazone groups is 1. The first-order chi connectivity index (χ1) is 14.6. The average molecular weight is 397 g/mol. The molecule has 3 aromatic carbocycles. The van der Waals surface area contributed by atoms with E-state index in [0.29, 0.717) is 11.3 Å². The lowest BCUT2D eigenvalue weighted by Crippen LogP contribution is -2.17. The van der Waals surface area contributed by atoms with Crippen molar-refractivity contribution in [3.63, 3.8) is 0 Å². The van der Waals surface area contributed by atoms with E-state index in [0.717, 1.165) is 22.6 Å². The second kappa shape index (κ2) is 8.25. The number of benzene rings is 3. The van der Waals surface area contributed by atoms with Gasteiger partial charge in [-0.05, 0) is 55.6 Å². The molecule has 150 valence electrons. The van der Waals surface area contributed by atoms with Crippen LogP contribution in [0.5, 0.6) is 5.75 Å². The first-order valence-corrected chi connectivity index (χ1v) is 9.73. The molecule has 0 unspecified atom stereocenters. The molecular formula is C25H23N3O2. The lowest BCUT2D eigenvalue weighted by atomic mass is 10.1. The van der Waals surface area contributed by atoms with Gasteiger partial charge >= 0.3 is 0 Å². The van der Waals surface area contributed by atoms with Crippen molar-refractivity contribution >= 4 is 22.9 Å². The summed E-state index contributed by atoms with van der Waals surface area (Å²) < 4.78 is 7.33. The van der Waals surface area contributed by atoms with E-state index in [9.17, 15) is 4.79 Å². The average Bonchev–Trinajstić information content (AvgIpc) is 3.06. The lowest BCUT2D eigenvalue weighted by molar-refractivity contribution is 0.0955. The fourth-order valence-corrected chi connectivity index (χ4v) is 3.66. The molecule has 0 fully saturated rings. The van der Waals surface area contributed by atoms with Crippen molar-refractivity contribution in [1.82, 2.24) is 9.99 Å². The van der Waals surface area contributed by atoms with E-state index in [4.69, 9.17) is 4.74 Å². The van der Waals surface area contributed by atoms with E-state index < -0.39 is 0 Å². The van der Waals surface area contributed by atoms with Crippen LogP contribution in [0.3, 0.4) is 0 Å². The van der Waals surface area contributed by atoms with Crippen LogP contribution in [0.25, 0.3) is 16.5 Å². The summed E-state index contributed by atoms with van der Waals surface area (Å²) in [5, 5.41) is 6.55. The Bertz CT molecular complexity index is 1230. The number of methoxy groups -OCH3 is 1. The first kappa shape index (κ1) is 19.5. The molecule has 0 radical (unpaired) electrons. The molecule has 5 nitrogen and oxygen atoms in total. The number of carbonyl (C=O) groups is 1. The largest absolute Gasteiger partial charge is 0.497 e. The maximum absolute atomic E-state index is 12.3. The number of aromatic nitrogens is 1. The third kappa shape index (κ3) is 3.70. The highest BCUT2D eigenvalue weighted by atomic mass is 16.5. The van der Waals surface area contributed by atoms with Crippen LogP contribution < -0.4 is 10.2 Å². The van der Waals surface area contributed by atoms with E-state index in [-0.39, 0.29) is 5.91 Å². The fraction of sp³-hybridized carbons (Fsp3) is 0.120. The van der Waals surface area contributed by atoms with Gasteiger partial charge in [0.05, 0.1) is 19.0 Å². The van der Waals surface area contributed by atoms with E-state index in [1.807, 2.05) is 6.07 Å². The van der Waals surface area contributed by atoms with Crippen LogP contribution in [0, 0.1) is 13.8 Å². The van der Waals surface area contributed by atoms with Crippen LogP contribution in [-0.2, 0) is 0 Å². The SMILES string of the molecule is COc1ccc(C(=O)N/N=C\c2cc(C)n(-c3cccc4ccccc34)c2C)cc1.